The first-order valence-corrected chi connectivity index (χ1v) is 6.54. The number of benzene rings is 1. The molecular weight excluding hydrogens is 280 g/mol. The second kappa shape index (κ2) is 5.55. The third-order valence-electron chi connectivity index (χ3n) is 3.31. The highest BCUT2D eigenvalue weighted by Crippen LogP contribution is 2.40. The van der Waals surface area contributed by atoms with Crippen LogP contribution in [-0.4, -0.2) is 18.6 Å². The molecule has 0 unspecified atom stereocenters. The van der Waals surface area contributed by atoms with E-state index in [1.165, 1.54) is 6.07 Å². The summed E-state index contributed by atoms with van der Waals surface area (Å²) in [5, 5.41) is 2.80. The van der Waals surface area contributed by atoms with E-state index in [0.29, 0.717) is 0 Å². The van der Waals surface area contributed by atoms with Gasteiger partial charge in [0.15, 0.2) is 18.2 Å². The minimum absolute atomic E-state index is 0.0391. The Bertz CT molecular complexity index is 642. The summed E-state index contributed by atoms with van der Waals surface area (Å²) in [5.74, 6) is -1.10. The second-order valence-corrected chi connectivity index (χ2v) is 4.90. The number of carbonyl (C=O) groups is 1. The van der Waals surface area contributed by atoms with Gasteiger partial charge in [-0.15, -0.1) is 0 Å². The minimum Gasteiger partial charge on any atom is -0.484 e. The van der Waals surface area contributed by atoms with Crippen LogP contribution in [0.25, 0.3) is 0 Å². The van der Waals surface area contributed by atoms with Crippen LogP contribution in [0.2, 0.25) is 0 Å². The topological polar surface area (TPSA) is 51.5 Å². The van der Waals surface area contributed by atoms with Crippen molar-refractivity contribution in [1.29, 1.82) is 0 Å². The van der Waals surface area contributed by atoms with Crippen molar-refractivity contribution in [3.8, 4) is 5.75 Å². The van der Waals surface area contributed by atoms with Crippen molar-refractivity contribution in [3.63, 3.8) is 0 Å². The van der Waals surface area contributed by atoms with Crippen LogP contribution >= 0.6 is 0 Å². The van der Waals surface area contributed by atoms with Gasteiger partial charge >= 0.3 is 0 Å². The largest absolute Gasteiger partial charge is 0.484 e. The molecule has 6 heteroatoms. The fraction of sp³-hybridized carbons (Fsp3) is 0.267. The molecule has 0 spiro atoms. The number of hydrogen-bond acceptors (Lipinski definition) is 3. The zero-order valence-electron chi connectivity index (χ0n) is 11.0. The smallest absolute Gasteiger partial charge is 0.258 e. The summed E-state index contributed by atoms with van der Waals surface area (Å²) in [4.78, 5) is 11.7. The Kier molecular flexibility index (Phi) is 3.60. The quantitative estimate of drug-likeness (QED) is 0.922. The van der Waals surface area contributed by atoms with E-state index in [2.05, 4.69) is 5.32 Å². The molecule has 1 aliphatic rings. The highest BCUT2D eigenvalue weighted by Gasteiger charge is 2.41. The summed E-state index contributed by atoms with van der Waals surface area (Å²) in [6.07, 6.45) is 2.42. The number of ether oxygens (including phenoxy) is 1. The number of furan rings is 1. The van der Waals surface area contributed by atoms with E-state index >= 15 is 0 Å². The number of amides is 1. The van der Waals surface area contributed by atoms with Crippen LogP contribution in [-0.2, 0) is 4.79 Å². The lowest BCUT2D eigenvalue weighted by Crippen LogP contribution is -2.31. The first kappa shape index (κ1) is 13.6. The van der Waals surface area contributed by atoms with Crippen molar-refractivity contribution in [3.05, 3.63) is 54.0 Å². The molecule has 1 amide bonds. The van der Waals surface area contributed by atoms with E-state index < -0.39 is 11.6 Å². The fourth-order valence-electron chi connectivity index (χ4n) is 2.14. The lowest BCUT2D eigenvalue weighted by molar-refractivity contribution is -0.123. The predicted octanol–water partition coefficient (Wildman–Crippen LogP) is 2.61. The van der Waals surface area contributed by atoms with Crippen molar-refractivity contribution >= 4 is 5.91 Å². The van der Waals surface area contributed by atoms with Gasteiger partial charge in [-0.05, 0) is 30.7 Å². The van der Waals surface area contributed by atoms with Crippen LogP contribution in [0.5, 0.6) is 5.75 Å². The highest BCUT2D eigenvalue weighted by atomic mass is 19.2. The Morgan fingerprint density at radius 2 is 2.19 bits per heavy atom. The molecule has 1 aliphatic carbocycles. The average molecular weight is 293 g/mol. The van der Waals surface area contributed by atoms with Crippen LogP contribution < -0.4 is 10.1 Å². The van der Waals surface area contributed by atoms with Crippen LogP contribution in [0.15, 0.2) is 41.0 Å². The Labute approximate surface area is 119 Å². The van der Waals surface area contributed by atoms with Gasteiger partial charge in [-0.1, -0.05) is 0 Å². The summed E-state index contributed by atoms with van der Waals surface area (Å²) >= 11 is 0. The number of rotatable bonds is 5. The molecule has 1 saturated carbocycles. The molecular formula is C15H13F2NO3. The Hall–Kier alpha value is -2.37. The number of halogens is 2. The molecule has 2 atom stereocenters. The number of hydrogen-bond donors (Lipinski definition) is 1. The van der Waals surface area contributed by atoms with E-state index in [1.54, 1.807) is 12.3 Å². The lowest BCUT2D eigenvalue weighted by atomic mass is 10.3. The summed E-state index contributed by atoms with van der Waals surface area (Å²) < 4.78 is 36.1. The summed E-state index contributed by atoms with van der Waals surface area (Å²) in [6, 6.07) is 6.85. The zero-order chi connectivity index (χ0) is 14.8. The third kappa shape index (κ3) is 3.21. The van der Waals surface area contributed by atoms with Gasteiger partial charge in [0.2, 0.25) is 0 Å². The van der Waals surface area contributed by atoms with E-state index in [0.717, 1.165) is 24.3 Å². The second-order valence-electron chi connectivity index (χ2n) is 4.90. The monoisotopic (exact) mass is 293 g/mol. The van der Waals surface area contributed by atoms with Crippen molar-refractivity contribution in [1.82, 2.24) is 5.32 Å². The van der Waals surface area contributed by atoms with Gasteiger partial charge in [-0.25, -0.2) is 8.78 Å². The van der Waals surface area contributed by atoms with Crippen molar-refractivity contribution in [2.24, 2.45) is 0 Å². The molecule has 3 rings (SSSR count). The zero-order valence-corrected chi connectivity index (χ0v) is 11.0. The molecule has 1 heterocycles. The summed E-state index contributed by atoms with van der Waals surface area (Å²) in [7, 11) is 0. The maximum absolute atomic E-state index is 13.0. The molecule has 1 fully saturated rings. The van der Waals surface area contributed by atoms with Crippen LogP contribution in [0.4, 0.5) is 8.78 Å². The van der Waals surface area contributed by atoms with E-state index in [4.69, 9.17) is 9.15 Å². The molecule has 0 bridgehead atoms. The molecule has 110 valence electrons. The number of carbonyl (C=O) groups excluding carboxylic acids is 1. The van der Waals surface area contributed by atoms with Gasteiger partial charge in [0.1, 0.15) is 11.5 Å². The Balaban J connectivity index is 1.46. The Morgan fingerprint density at radius 3 is 2.90 bits per heavy atom. The van der Waals surface area contributed by atoms with Crippen molar-refractivity contribution < 1.29 is 22.7 Å². The SMILES string of the molecule is O=C(COc1ccc(F)c(F)c1)N[C@@H]1C[C@H]1c1ccco1. The molecule has 0 aliphatic heterocycles. The molecule has 0 radical (unpaired) electrons. The van der Waals surface area contributed by atoms with Gasteiger partial charge in [-0.2, -0.15) is 0 Å². The van der Waals surface area contributed by atoms with Crippen LogP contribution in [0, 0.1) is 11.6 Å². The molecule has 4 nitrogen and oxygen atoms in total. The Morgan fingerprint density at radius 1 is 1.33 bits per heavy atom. The third-order valence-corrected chi connectivity index (χ3v) is 3.31. The van der Waals surface area contributed by atoms with Crippen molar-refractivity contribution in [2.75, 3.05) is 6.61 Å². The maximum atomic E-state index is 13.0. The summed E-state index contributed by atoms with van der Waals surface area (Å²) in [5.41, 5.74) is 0. The van der Waals surface area contributed by atoms with E-state index in [1.807, 2.05) is 6.07 Å². The first-order valence-electron chi connectivity index (χ1n) is 6.54. The van der Waals surface area contributed by atoms with Gasteiger partial charge in [0.25, 0.3) is 5.91 Å². The minimum atomic E-state index is -1.01. The van der Waals surface area contributed by atoms with Gasteiger partial charge < -0.3 is 14.5 Å². The average Bonchev–Trinajstić information content (AvgIpc) is 3.01. The van der Waals surface area contributed by atoms with E-state index in [-0.39, 0.29) is 30.2 Å². The fourth-order valence-corrected chi connectivity index (χ4v) is 2.14. The predicted molar refractivity (Wildman–Crippen MR) is 69.8 cm³/mol. The highest BCUT2D eigenvalue weighted by molar-refractivity contribution is 5.78. The van der Waals surface area contributed by atoms with Crippen LogP contribution in [0.3, 0.4) is 0 Å². The number of nitrogens with one attached hydrogen (secondary N) is 1. The van der Waals surface area contributed by atoms with Gasteiger partial charge in [0, 0.05) is 18.0 Å². The van der Waals surface area contributed by atoms with Gasteiger partial charge in [-0.3, -0.25) is 4.79 Å². The molecule has 2 aromatic rings. The standard InChI is InChI=1S/C15H13F2NO3/c16-11-4-3-9(6-12(11)17)21-8-15(19)18-13-7-10(13)14-2-1-5-20-14/h1-6,10,13H,7-8H2,(H,18,19)/t10-,13-/m1/s1. The van der Waals surface area contributed by atoms with Crippen LogP contribution in [0.1, 0.15) is 18.1 Å². The lowest BCUT2D eigenvalue weighted by Gasteiger charge is -2.07. The van der Waals surface area contributed by atoms with E-state index in [9.17, 15) is 13.6 Å². The molecule has 0 saturated heterocycles. The molecule has 1 N–H and O–H groups in total. The normalized spacial score (nSPS) is 20.1. The van der Waals surface area contributed by atoms with Gasteiger partial charge in [0.05, 0.1) is 6.26 Å². The maximum Gasteiger partial charge on any atom is 0.258 e. The first-order chi connectivity index (χ1) is 10.1. The summed E-state index contributed by atoms with van der Waals surface area (Å²) in [6.45, 7) is -0.244. The molecule has 21 heavy (non-hydrogen) atoms. The molecule has 1 aromatic carbocycles. The molecule has 1 aromatic heterocycles. The van der Waals surface area contributed by atoms with Crippen molar-refractivity contribution in [2.45, 2.75) is 18.4 Å².